The maximum atomic E-state index is 12.5. The fourth-order valence-corrected chi connectivity index (χ4v) is 2.28. The molecule has 3 aromatic rings. The van der Waals surface area contributed by atoms with Crippen LogP contribution >= 0.6 is 0 Å². The Morgan fingerprint density at radius 1 is 1.29 bits per heavy atom. The van der Waals surface area contributed by atoms with Crippen LogP contribution in [0.1, 0.15) is 18.6 Å². The topological polar surface area (TPSA) is 99.2 Å². The summed E-state index contributed by atoms with van der Waals surface area (Å²) in [4.78, 5) is 19.7. The Morgan fingerprint density at radius 3 is 2.62 bits per heavy atom. The Bertz CT molecular complexity index is 794. The Hall–Kier alpha value is -2.81. The van der Waals surface area contributed by atoms with E-state index in [0.29, 0.717) is 18.3 Å². The van der Waals surface area contributed by atoms with Crippen molar-refractivity contribution in [2.24, 2.45) is 0 Å². The van der Waals surface area contributed by atoms with E-state index in [1.165, 1.54) is 4.80 Å². The second-order valence-electron chi connectivity index (χ2n) is 5.16. The number of aromatic nitrogens is 5. The number of ether oxygens (including phenoxy) is 1. The Labute approximate surface area is 138 Å². The SMILES string of the molecule is CCN(Cc1nc(COC)no1)C(=O)Cn1nc2ccccc2n1. The second-order valence-corrected chi connectivity index (χ2v) is 5.16. The average molecular weight is 330 g/mol. The molecule has 0 bridgehead atoms. The van der Waals surface area contributed by atoms with E-state index in [4.69, 9.17) is 9.26 Å². The third-order valence-corrected chi connectivity index (χ3v) is 3.45. The predicted molar refractivity (Wildman–Crippen MR) is 83.6 cm³/mol. The van der Waals surface area contributed by atoms with Gasteiger partial charge in [-0.25, -0.2) is 0 Å². The summed E-state index contributed by atoms with van der Waals surface area (Å²) < 4.78 is 10.1. The van der Waals surface area contributed by atoms with Crippen LogP contribution in [0, 0.1) is 0 Å². The highest BCUT2D eigenvalue weighted by atomic mass is 16.5. The van der Waals surface area contributed by atoms with Crippen molar-refractivity contribution in [3.05, 3.63) is 36.0 Å². The molecule has 0 saturated carbocycles. The predicted octanol–water partition coefficient (Wildman–Crippen LogP) is 1.01. The van der Waals surface area contributed by atoms with Crippen LogP contribution in [-0.2, 0) is 29.2 Å². The first-order chi connectivity index (χ1) is 11.7. The molecule has 2 heterocycles. The van der Waals surface area contributed by atoms with E-state index in [1.807, 2.05) is 31.2 Å². The molecule has 3 rings (SSSR count). The van der Waals surface area contributed by atoms with Crippen LogP contribution in [-0.4, -0.2) is 49.6 Å². The van der Waals surface area contributed by atoms with Crippen molar-refractivity contribution in [3.8, 4) is 0 Å². The van der Waals surface area contributed by atoms with Crippen molar-refractivity contribution >= 4 is 16.9 Å². The third kappa shape index (κ3) is 3.57. The Balaban J connectivity index is 1.66. The quantitative estimate of drug-likeness (QED) is 0.637. The zero-order chi connectivity index (χ0) is 16.9. The summed E-state index contributed by atoms with van der Waals surface area (Å²) in [7, 11) is 1.55. The highest BCUT2D eigenvalue weighted by molar-refractivity contribution is 5.77. The van der Waals surface area contributed by atoms with Gasteiger partial charge in [-0.3, -0.25) is 4.79 Å². The number of methoxy groups -OCH3 is 1. The molecule has 0 saturated heterocycles. The molecular formula is C15H18N6O3. The fraction of sp³-hybridized carbons (Fsp3) is 0.400. The number of fused-ring (bicyclic) bond motifs is 1. The van der Waals surface area contributed by atoms with Gasteiger partial charge in [-0.05, 0) is 19.1 Å². The van der Waals surface area contributed by atoms with Gasteiger partial charge >= 0.3 is 0 Å². The van der Waals surface area contributed by atoms with E-state index in [9.17, 15) is 4.79 Å². The smallest absolute Gasteiger partial charge is 0.246 e. The molecule has 0 aliphatic heterocycles. The molecule has 9 heteroatoms. The maximum Gasteiger partial charge on any atom is 0.246 e. The van der Waals surface area contributed by atoms with Gasteiger partial charge in [-0.15, -0.1) is 0 Å². The van der Waals surface area contributed by atoms with Crippen molar-refractivity contribution in [1.82, 2.24) is 30.0 Å². The van der Waals surface area contributed by atoms with E-state index in [-0.39, 0.29) is 25.6 Å². The van der Waals surface area contributed by atoms with E-state index < -0.39 is 0 Å². The first kappa shape index (κ1) is 16.1. The lowest BCUT2D eigenvalue weighted by Gasteiger charge is -2.18. The minimum absolute atomic E-state index is 0.0571. The third-order valence-electron chi connectivity index (χ3n) is 3.45. The number of carbonyl (C=O) groups excluding carboxylic acids is 1. The highest BCUT2D eigenvalue weighted by Crippen LogP contribution is 2.08. The largest absolute Gasteiger partial charge is 0.377 e. The number of nitrogens with zero attached hydrogens (tertiary/aromatic N) is 6. The minimum atomic E-state index is -0.121. The summed E-state index contributed by atoms with van der Waals surface area (Å²) in [5.41, 5.74) is 1.52. The normalized spacial score (nSPS) is 11.1. The standard InChI is InChI=1S/C15H18N6O3/c1-3-20(8-14-16-13(10-23-2)19-24-14)15(22)9-21-17-11-6-4-5-7-12(11)18-21/h4-7H,3,8-10H2,1-2H3. The molecule has 9 nitrogen and oxygen atoms in total. The van der Waals surface area contributed by atoms with Crippen molar-refractivity contribution in [2.75, 3.05) is 13.7 Å². The Kier molecular flexibility index (Phi) is 4.80. The summed E-state index contributed by atoms with van der Waals surface area (Å²) in [5.74, 6) is 0.705. The molecule has 24 heavy (non-hydrogen) atoms. The number of likely N-dealkylation sites (N-methyl/N-ethyl adjacent to an activating group) is 1. The van der Waals surface area contributed by atoms with Crippen LogP contribution in [0.15, 0.2) is 28.8 Å². The van der Waals surface area contributed by atoms with Gasteiger partial charge in [0.05, 0.1) is 0 Å². The molecule has 0 aliphatic rings. The van der Waals surface area contributed by atoms with Gasteiger partial charge in [0.2, 0.25) is 11.8 Å². The molecule has 0 aliphatic carbocycles. The van der Waals surface area contributed by atoms with Crippen LogP contribution in [0.3, 0.4) is 0 Å². The molecule has 1 aromatic carbocycles. The monoisotopic (exact) mass is 330 g/mol. The van der Waals surface area contributed by atoms with Gasteiger partial charge in [0.1, 0.15) is 30.7 Å². The number of hydrogen-bond donors (Lipinski definition) is 0. The lowest BCUT2D eigenvalue weighted by atomic mass is 10.3. The highest BCUT2D eigenvalue weighted by Gasteiger charge is 2.17. The summed E-state index contributed by atoms with van der Waals surface area (Å²) >= 11 is 0. The van der Waals surface area contributed by atoms with Crippen molar-refractivity contribution in [2.45, 2.75) is 26.6 Å². The first-order valence-electron chi connectivity index (χ1n) is 7.57. The van der Waals surface area contributed by atoms with Gasteiger partial charge in [-0.1, -0.05) is 17.3 Å². The summed E-state index contributed by atoms with van der Waals surface area (Å²) in [5, 5.41) is 12.4. The molecule has 0 unspecified atom stereocenters. The van der Waals surface area contributed by atoms with Crippen LogP contribution in [0.25, 0.3) is 11.0 Å². The number of hydrogen-bond acceptors (Lipinski definition) is 7. The van der Waals surface area contributed by atoms with Gasteiger partial charge in [0.15, 0.2) is 5.82 Å². The van der Waals surface area contributed by atoms with Gasteiger partial charge in [0.25, 0.3) is 0 Å². The van der Waals surface area contributed by atoms with Crippen LogP contribution in [0.4, 0.5) is 0 Å². The van der Waals surface area contributed by atoms with Gasteiger partial charge < -0.3 is 14.2 Å². The van der Waals surface area contributed by atoms with E-state index in [2.05, 4.69) is 20.3 Å². The van der Waals surface area contributed by atoms with Crippen molar-refractivity contribution in [1.29, 1.82) is 0 Å². The summed E-state index contributed by atoms with van der Waals surface area (Å²) in [6.45, 7) is 2.97. The summed E-state index contributed by atoms with van der Waals surface area (Å²) in [6, 6.07) is 7.48. The van der Waals surface area contributed by atoms with E-state index in [1.54, 1.807) is 12.0 Å². The fourth-order valence-electron chi connectivity index (χ4n) is 2.28. The average Bonchev–Trinajstić information content (AvgIpc) is 3.18. The lowest BCUT2D eigenvalue weighted by Crippen LogP contribution is -2.34. The van der Waals surface area contributed by atoms with E-state index >= 15 is 0 Å². The van der Waals surface area contributed by atoms with Crippen molar-refractivity contribution < 1.29 is 14.1 Å². The zero-order valence-corrected chi connectivity index (χ0v) is 13.5. The number of benzene rings is 1. The zero-order valence-electron chi connectivity index (χ0n) is 13.5. The first-order valence-corrected chi connectivity index (χ1v) is 7.57. The number of carbonyl (C=O) groups is 1. The van der Waals surface area contributed by atoms with E-state index in [0.717, 1.165) is 11.0 Å². The molecule has 1 amide bonds. The molecule has 0 atom stereocenters. The van der Waals surface area contributed by atoms with Gasteiger partial charge in [-0.2, -0.15) is 20.0 Å². The van der Waals surface area contributed by atoms with Gasteiger partial charge in [0, 0.05) is 13.7 Å². The molecule has 0 N–H and O–H groups in total. The lowest BCUT2D eigenvalue weighted by molar-refractivity contribution is -0.133. The molecule has 0 spiro atoms. The number of rotatable bonds is 7. The van der Waals surface area contributed by atoms with Crippen LogP contribution in [0.5, 0.6) is 0 Å². The van der Waals surface area contributed by atoms with Crippen molar-refractivity contribution in [3.63, 3.8) is 0 Å². The number of amides is 1. The molecule has 2 aromatic heterocycles. The Morgan fingerprint density at radius 2 is 2.00 bits per heavy atom. The van der Waals surface area contributed by atoms with Crippen LogP contribution in [0.2, 0.25) is 0 Å². The maximum absolute atomic E-state index is 12.5. The minimum Gasteiger partial charge on any atom is -0.377 e. The molecule has 126 valence electrons. The summed E-state index contributed by atoms with van der Waals surface area (Å²) in [6.07, 6.45) is 0. The molecule has 0 radical (unpaired) electrons. The molecular weight excluding hydrogens is 312 g/mol. The van der Waals surface area contributed by atoms with Crippen LogP contribution < -0.4 is 0 Å². The second kappa shape index (κ2) is 7.18. The molecule has 0 fully saturated rings.